The van der Waals surface area contributed by atoms with Crippen LogP contribution in [0.15, 0.2) is 23.0 Å². The molecule has 0 aromatic carbocycles. The van der Waals surface area contributed by atoms with E-state index >= 15 is 0 Å². The van der Waals surface area contributed by atoms with Crippen molar-refractivity contribution in [2.75, 3.05) is 13.2 Å². The lowest BCUT2D eigenvalue weighted by Crippen LogP contribution is -2.53. The first-order valence-corrected chi connectivity index (χ1v) is 7.10. The van der Waals surface area contributed by atoms with Gasteiger partial charge in [-0.05, 0) is 44.4 Å². The van der Waals surface area contributed by atoms with E-state index in [0.717, 1.165) is 32.4 Å². The van der Waals surface area contributed by atoms with Crippen LogP contribution >= 0.6 is 0 Å². The summed E-state index contributed by atoms with van der Waals surface area (Å²) in [6, 6.07) is 2.36. The highest BCUT2D eigenvalue weighted by Crippen LogP contribution is 2.27. The van der Waals surface area contributed by atoms with Gasteiger partial charge in [0.25, 0.3) is 0 Å². The molecule has 1 rings (SSSR count). The van der Waals surface area contributed by atoms with Gasteiger partial charge in [-0.3, -0.25) is 0 Å². The Balaban J connectivity index is 2.85. The second-order valence-electron chi connectivity index (χ2n) is 4.65. The van der Waals surface area contributed by atoms with Crippen LogP contribution in [0.2, 0.25) is 0 Å². The van der Waals surface area contributed by atoms with Crippen LogP contribution in [-0.2, 0) is 11.2 Å². The molecule has 0 spiro atoms. The van der Waals surface area contributed by atoms with Gasteiger partial charge in [0.1, 0.15) is 0 Å². The maximum absolute atomic E-state index is 6.10. The molecular formula is C15H27NO2. The second kappa shape index (κ2) is 7.59. The van der Waals surface area contributed by atoms with Crippen LogP contribution in [0.3, 0.4) is 0 Å². The Labute approximate surface area is 111 Å². The van der Waals surface area contributed by atoms with E-state index in [2.05, 4.69) is 33.0 Å². The molecule has 104 valence electrons. The van der Waals surface area contributed by atoms with Crippen LogP contribution in [-0.4, -0.2) is 24.8 Å². The molecule has 0 aliphatic heterocycles. The number of ether oxygens (including phenoxy) is 1. The van der Waals surface area contributed by atoms with Gasteiger partial charge in [0.15, 0.2) is 0 Å². The van der Waals surface area contributed by atoms with Gasteiger partial charge >= 0.3 is 0 Å². The largest absolute Gasteiger partial charge is 0.472 e. The fourth-order valence-corrected chi connectivity index (χ4v) is 2.67. The Morgan fingerprint density at radius 2 is 2.00 bits per heavy atom. The monoisotopic (exact) mass is 253 g/mol. The van der Waals surface area contributed by atoms with Crippen molar-refractivity contribution in [1.29, 1.82) is 0 Å². The molecule has 0 saturated heterocycles. The lowest BCUT2D eigenvalue weighted by atomic mass is 9.84. The fraction of sp³-hybridized carbons (Fsp3) is 0.733. The third-order valence-electron chi connectivity index (χ3n) is 3.73. The van der Waals surface area contributed by atoms with E-state index in [9.17, 15) is 0 Å². The first-order valence-electron chi connectivity index (χ1n) is 7.10. The summed E-state index contributed by atoms with van der Waals surface area (Å²) < 4.78 is 11.3. The summed E-state index contributed by atoms with van der Waals surface area (Å²) in [6.07, 6.45) is 6.55. The molecule has 0 radical (unpaired) electrons. The minimum Gasteiger partial charge on any atom is -0.472 e. The number of hydrogen-bond donors (Lipinski definition) is 1. The quantitative estimate of drug-likeness (QED) is 0.732. The molecule has 0 amide bonds. The fourth-order valence-electron chi connectivity index (χ4n) is 2.67. The zero-order valence-corrected chi connectivity index (χ0v) is 12.2. The van der Waals surface area contributed by atoms with Crippen LogP contribution in [0.25, 0.3) is 0 Å². The Kier molecular flexibility index (Phi) is 6.44. The Morgan fingerprint density at radius 1 is 1.28 bits per heavy atom. The zero-order chi connectivity index (χ0) is 13.4. The number of nitrogens with one attached hydrogen (secondary N) is 1. The molecule has 0 aliphatic rings. The molecular weight excluding hydrogens is 226 g/mol. The topological polar surface area (TPSA) is 34.4 Å². The van der Waals surface area contributed by atoms with E-state index in [4.69, 9.17) is 9.15 Å². The molecule has 1 N–H and O–H groups in total. The molecule has 1 heterocycles. The zero-order valence-electron chi connectivity index (χ0n) is 12.2. The minimum atomic E-state index is -0.0813. The number of rotatable bonds is 9. The lowest BCUT2D eigenvalue weighted by Gasteiger charge is -2.40. The van der Waals surface area contributed by atoms with Crippen molar-refractivity contribution >= 4 is 0 Å². The first-order chi connectivity index (χ1) is 8.72. The van der Waals surface area contributed by atoms with E-state index in [1.54, 1.807) is 6.26 Å². The highest BCUT2D eigenvalue weighted by Gasteiger charge is 2.36. The summed E-state index contributed by atoms with van der Waals surface area (Å²) in [7, 11) is 0. The van der Waals surface area contributed by atoms with Gasteiger partial charge in [0, 0.05) is 12.6 Å². The van der Waals surface area contributed by atoms with Gasteiger partial charge in [-0.2, -0.15) is 0 Å². The molecule has 0 bridgehead atoms. The molecule has 0 fully saturated rings. The Hall–Kier alpha value is -0.800. The highest BCUT2D eigenvalue weighted by molar-refractivity contribution is 5.10. The van der Waals surface area contributed by atoms with Crippen molar-refractivity contribution in [1.82, 2.24) is 5.32 Å². The number of hydrogen-bond acceptors (Lipinski definition) is 3. The van der Waals surface area contributed by atoms with Crippen LogP contribution in [0.5, 0.6) is 0 Å². The van der Waals surface area contributed by atoms with Crippen LogP contribution in [0.4, 0.5) is 0 Å². The summed E-state index contributed by atoms with van der Waals surface area (Å²) in [5.41, 5.74) is 1.15. The third-order valence-corrected chi connectivity index (χ3v) is 3.73. The summed E-state index contributed by atoms with van der Waals surface area (Å²) >= 11 is 0. The van der Waals surface area contributed by atoms with Crippen LogP contribution in [0, 0.1) is 0 Å². The maximum atomic E-state index is 6.10. The average Bonchev–Trinajstić information content (AvgIpc) is 2.89. The molecule has 1 aromatic heterocycles. The van der Waals surface area contributed by atoms with Crippen molar-refractivity contribution in [2.45, 2.75) is 58.6 Å². The molecule has 1 atom stereocenters. The summed E-state index contributed by atoms with van der Waals surface area (Å²) in [5.74, 6) is 0. The molecule has 1 aromatic rings. The van der Waals surface area contributed by atoms with Gasteiger partial charge in [0.05, 0.1) is 18.1 Å². The maximum Gasteiger partial charge on any atom is 0.0935 e. The highest BCUT2D eigenvalue weighted by atomic mass is 16.5. The van der Waals surface area contributed by atoms with Gasteiger partial charge in [-0.25, -0.2) is 0 Å². The first kappa shape index (κ1) is 15.3. The van der Waals surface area contributed by atoms with Crippen molar-refractivity contribution in [2.24, 2.45) is 0 Å². The van der Waals surface area contributed by atoms with Crippen molar-refractivity contribution in [3.8, 4) is 0 Å². The summed E-state index contributed by atoms with van der Waals surface area (Å²) in [6.45, 7) is 10.3. The summed E-state index contributed by atoms with van der Waals surface area (Å²) in [4.78, 5) is 0. The number of furan rings is 1. The predicted molar refractivity (Wildman–Crippen MR) is 74.8 cm³/mol. The van der Waals surface area contributed by atoms with E-state index in [-0.39, 0.29) is 5.60 Å². The average molecular weight is 253 g/mol. The minimum absolute atomic E-state index is 0.0813. The van der Waals surface area contributed by atoms with E-state index < -0.39 is 0 Å². The van der Waals surface area contributed by atoms with Crippen molar-refractivity contribution < 1.29 is 9.15 Å². The molecule has 3 nitrogen and oxygen atoms in total. The SMILES string of the molecule is CCNC(Cc1ccoc1)C(CC)(CC)OCC. The standard InChI is InChI=1S/C15H27NO2/c1-5-15(6-2,18-8-4)14(16-7-3)11-13-9-10-17-12-13/h9-10,12,14,16H,5-8,11H2,1-4H3. The van der Waals surface area contributed by atoms with E-state index in [0.29, 0.717) is 6.04 Å². The predicted octanol–water partition coefficient (Wildman–Crippen LogP) is 3.40. The van der Waals surface area contributed by atoms with Crippen LogP contribution < -0.4 is 5.32 Å². The molecule has 0 aliphatic carbocycles. The Bertz CT molecular complexity index is 304. The molecule has 0 saturated carbocycles. The van der Waals surface area contributed by atoms with Gasteiger partial charge < -0.3 is 14.5 Å². The second-order valence-corrected chi connectivity index (χ2v) is 4.65. The van der Waals surface area contributed by atoms with Gasteiger partial charge in [-0.1, -0.05) is 20.8 Å². The molecule has 18 heavy (non-hydrogen) atoms. The normalized spacial score (nSPS) is 13.8. The van der Waals surface area contributed by atoms with E-state index in [1.165, 1.54) is 5.56 Å². The van der Waals surface area contributed by atoms with E-state index in [1.807, 2.05) is 12.3 Å². The van der Waals surface area contributed by atoms with Gasteiger partial charge in [-0.15, -0.1) is 0 Å². The summed E-state index contributed by atoms with van der Waals surface area (Å²) in [5, 5.41) is 3.58. The molecule has 3 heteroatoms. The molecule has 1 unspecified atom stereocenters. The van der Waals surface area contributed by atoms with Crippen molar-refractivity contribution in [3.05, 3.63) is 24.2 Å². The smallest absolute Gasteiger partial charge is 0.0935 e. The third kappa shape index (κ3) is 3.59. The van der Waals surface area contributed by atoms with Crippen LogP contribution in [0.1, 0.15) is 46.1 Å². The van der Waals surface area contributed by atoms with Gasteiger partial charge in [0.2, 0.25) is 0 Å². The van der Waals surface area contributed by atoms with Crippen molar-refractivity contribution in [3.63, 3.8) is 0 Å². The Morgan fingerprint density at radius 3 is 2.44 bits per heavy atom. The number of likely N-dealkylation sites (N-methyl/N-ethyl adjacent to an activating group) is 1. The lowest BCUT2D eigenvalue weighted by molar-refractivity contribution is -0.0716.